The van der Waals surface area contributed by atoms with Gasteiger partial charge in [-0.05, 0) is 40.9 Å². The molecular formula is C15H20BrNO4. The minimum Gasteiger partial charge on any atom is -0.497 e. The maximum Gasteiger partial charge on any atom is 0.255 e. The van der Waals surface area contributed by atoms with Crippen LogP contribution in [0.1, 0.15) is 36.0 Å². The molecule has 1 aliphatic carbocycles. The summed E-state index contributed by atoms with van der Waals surface area (Å²) in [7, 11) is 3.06. The number of methoxy groups -OCH3 is 2. The summed E-state index contributed by atoms with van der Waals surface area (Å²) in [4.78, 5) is 12.6. The fourth-order valence-corrected chi connectivity index (χ4v) is 3.35. The molecule has 0 heterocycles. The van der Waals surface area contributed by atoms with Crippen molar-refractivity contribution in [1.82, 2.24) is 5.32 Å². The lowest BCUT2D eigenvalue weighted by atomic mass is 9.98. The van der Waals surface area contributed by atoms with E-state index in [-0.39, 0.29) is 12.5 Å². The van der Waals surface area contributed by atoms with E-state index in [1.54, 1.807) is 19.2 Å². The molecule has 0 spiro atoms. The molecule has 0 unspecified atom stereocenters. The highest BCUT2D eigenvalue weighted by Crippen LogP contribution is 2.35. The Morgan fingerprint density at radius 3 is 2.52 bits per heavy atom. The van der Waals surface area contributed by atoms with E-state index >= 15 is 0 Å². The van der Waals surface area contributed by atoms with E-state index in [0.29, 0.717) is 21.5 Å². The van der Waals surface area contributed by atoms with Crippen LogP contribution in [0.15, 0.2) is 16.6 Å². The van der Waals surface area contributed by atoms with Gasteiger partial charge in [-0.2, -0.15) is 0 Å². The largest absolute Gasteiger partial charge is 0.497 e. The lowest BCUT2D eigenvalue weighted by molar-refractivity contribution is 0.0835. The molecule has 21 heavy (non-hydrogen) atoms. The first kappa shape index (κ1) is 16.1. The molecule has 1 aliphatic rings. The first-order valence-corrected chi connectivity index (χ1v) is 7.69. The van der Waals surface area contributed by atoms with Gasteiger partial charge in [0.05, 0.1) is 36.4 Å². The molecule has 2 rings (SSSR count). The van der Waals surface area contributed by atoms with Crippen LogP contribution >= 0.6 is 15.9 Å². The minimum absolute atomic E-state index is 0.0494. The van der Waals surface area contributed by atoms with E-state index in [9.17, 15) is 9.90 Å². The lowest BCUT2D eigenvalue weighted by Gasteiger charge is -2.28. The number of hydrogen-bond donors (Lipinski definition) is 2. The van der Waals surface area contributed by atoms with Crippen LogP contribution in [-0.4, -0.2) is 37.4 Å². The molecule has 1 fully saturated rings. The zero-order chi connectivity index (χ0) is 15.5. The van der Waals surface area contributed by atoms with Crippen molar-refractivity contribution in [3.8, 4) is 11.5 Å². The molecule has 1 aromatic rings. The number of aliphatic hydroxyl groups excluding tert-OH is 1. The quantitative estimate of drug-likeness (QED) is 0.849. The Hall–Kier alpha value is -1.27. The molecular weight excluding hydrogens is 338 g/mol. The molecule has 2 N–H and O–H groups in total. The second kappa shape index (κ2) is 6.66. The summed E-state index contributed by atoms with van der Waals surface area (Å²) >= 11 is 3.38. The Labute approximate surface area is 132 Å². The highest BCUT2D eigenvalue weighted by atomic mass is 79.9. The lowest BCUT2D eigenvalue weighted by Crippen LogP contribution is -2.49. The summed E-state index contributed by atoms with van der Waals surface area (Å²) in [6.07, 6.45) is 3.62. The van der Waals surface area contributed by atoms with Gasteiger partial charge in [-0.3, -0.25) is 4.79 Å². The van der Waals surface area contributed by atoms with Gasteiger partial charge in [-0.25, -0.2) is 0 Å². The summed E-state index contributed by atoms with van der Waals surface area (Å²) in [5.74, 6) is 0.763. The average Bonchev–Trinajstić information content (AvgIpc) is 2.95. The van der Waals surface area contributed by atoms with Crippen LogP contribution in [0, 0.1) is 0 Å². The standard InChI is InChI=1S/C15H20BrNO4/c1-20-10-7-11(13(21-2)12(16)8-10)14(19)17-15(9-18)5-3-4-6-15/h7-8,18H,3-6,9H2,1-2H3,(H,17,19). The number of hydrogen-bond acceptors (Lipinski definition) is 4. The summed E-state index contributed by atoms with van der Waals surface area (Å²) < 4.78 is 11.1. The van der Waals surface area contributed by atoms with Gasteiger partial charge in [-0.15, -0.1) is 0 Å². The van der Waals surface area contributed by atoms with Crippen molar-refractivity contribution in [2.75, 3.05) is 20.8 Å². The molecule has 5 nitrogen and oxygen atoms in total. The number of nitrogens with one attached hydrogen (secondary N) is 1. The van der Waals surface area contributed by atoms with Gasteiger partial charge in [-0.1, -0.05) is 12.8 Å². The average molecular weight is 358 g/mol. The topological polar surface area (TPSA) is 67.8 Å². The predicted octanol–water partition coefficient (Wildman–Crippen LogP) is 2.50. The van der Waals surface area contributed by atoms with Crippen LogP contribution in [0.5, 0.6) is 11.5 Å². The smallest absolute Gasteiger partial charge is 0.255 e. The summed E-state index contributed by atoms with van der Waals surface area (Å²) in [5.41, 5.74) is -0.124. The summed E-state index contributed by atoms with van der Waals surface area (Å²) in [6.45, 7) is -0.0494. The highest BCUT2D eigenvalue weighted by Gasteiger charge is 2.35. The molecule has 6 heteroatoms. The van der Waals surface area contributed by atoms with E-state index in [2.05, 4.69) is 21.2 Å². The number of carbonyl (C=O) groups is 1. The van der Waals surface area contributed by atoms with Gasteiger partial charge in [0.15, 0.2) is 0 Å². The van der Waals surface area contributed by atoms with Crippen LogP contribution in [0.25, 0.3) is 0 Å². The van der Waals surface area contributed by atoms with E-state index in [1.165, 1.54) is 7.11 Å². The Kier molecular flexibility index (Phi) is 5.11. The second-order valence-electron chi connectivity index (χ2n) is 5.29. The zero-order valence-corrected chi connectivity index (χ0v) is 13.8. The Morgan fingerprint density at radius 2 is 2.00 bits per heavy atom. The van der Waals surface area contributed by atoms with E-state index < -0.39 is 5.54 Å². The van der Waals surface area contributed by atoms with Crippen molar-refractivity contribution >= 4 is 21.8 Å². The third kappa shape index (κ3) is 3.32. The summed E-state index contributed by atoms with van der Waals surface area (Å²) in [5, 5.41) is 12.6. The van der Waals surface area contributed by atoms with E-state index in [1.807, 2.05) is 0 Å². The van der Waals surface area contributed by atoms with Crippen LogP contribution in [0.4, 0.5) is 0 Å². The van der Waals surface area contributed by atoms with Crippen LogP contribution in [0.2, 0.25) is 0 Å². The highest BCUT2D eigenvalue weighted by molar-refractivity contribution is 9.10. The second-order valence-corrected chi connectivity index (χ2v) is 6.14. The zero-order valence-electron chi connectivity index (χ0n) is 12.2. The molecule has 0 bridgehead atoms. The van der Waals surface area contributed by atoms with Gasteiger partial charge < -0.3 is 19.9 Å². The van der Waals surface area contributed by atoms with Gasteiger partial charge in [0.1, 0.15) is 11.5 Å². The molecule has 1 amide bonds. The van der Waals surface area contributed by atoms with Gasteiger partial charge in [0, 0.05) is 0 Å². The van der Waals surface area contributed by atoms with Gasteiger partial charge in [0.25, 0.3) is 5.91 Å². The van der Waals surface area contributed by atoms with E-state index in [4.69, 9.17) is 9.47 Å². The fraction of sp³-hybridized carbons (Fsp3) is 0.533. The molecule has 0 saturated heterocycles. The first-order valence-electron chi connectivity index (χ1n) is 6.90. The Bertz CT molecular complexity index is 527. The van der Waals surface area contributed by atoms with Crippen molar-refractivity contribution in [2.45, 2.75) is 31.2 Å². The molecule has 0 aliphatic heterocycles. The first-order chi connectivity index (χ1) is 10.0. The molecule has 116 valence electrons. The molecule has 0 aromatic heterocycles. The number of benzene rings is 1. The van der Waals surface area contributed by atoms with Crippen LogP contribution in [-0.2, 0) is 0 Å². The van der Waals surface area contributed by atoms with Crippen LogP contribution in [0.3, 0.4) is 0 Å². The van der Waals surface area contributed by atoms with Crippen molar-refractivity contribution in [3.63, 3.8) is 0 Å². The van der Waals surface area contributed by atoms with Crippen molar-refractivity contribution in [2.24, 2.45) is 0 Å². The third-order valence-corrected chi connectivity index (χ3v) is 4.53. The molecule has 0 atom stereocenters. The number of carbonyl (C=O) groups excluding carboxylic acids is 1. The Balaban J connectivity index is 2.31. The number of rotatable bonds is 5. The molecule has 0 radical (unpaired) electrons. The minimum atomic E-state index is -0.516. The fourth-order valence-electron chi connectivity index (χ4n) is 2.75. The SMILES string of the molecule is COc1cc(Br)c(OC)c(C(=O)NC2(CO)CCCC2)c1. The molecule has 1 saturated carbocycles. The Morgan fingerprint density at radius 1 is 1.33 bits per heavy atom. The van der Waals surface area contributed by atoms with Crippen molar-refractivity contribution in [1.29, 1.82) is 0 Å². The van der Waals surface area contributed by atoms with Crippen molar-refractivity contribution in [3.05, 3.63) is 22.2 Å². The third-order valence-electron chi connectivity index (χ3n) is 3.94. The van der Waals surface area contributed by atoms with Gasteiger partial charge in [0.2, 0.25) is 0 Å². The number of ether oxygens (including phenoxy) is 2. The predicted molar refractivity (Wildman–Crippen MR) is 83.0 cm³/mol. The maximum atomic E-state index is 12.6. The number of amides is 1. The van der Waals surface area contributed by atoms with Gasteiger partial charge >= 0.3 is 0 Å². The monoisotopic (exact) mass is 357 g/mol. The molecule has 1 aromatic carbocycles. The number of aliphatic hydroxyl groups is 1. The van der Waals surface area contributed by atoms with E-state index in [0.717, 1.165) is 25.7 Å². The van der Waals surface area contributed by atoms with Crippen molar-refractivity contribution < 1.29 is 19.4 Å². The summed E-state index contributed by atoms with van der Waals surface area (Å²) in [6, 6.07) is 3.38. The normalized spacial score (nSPS) is 16.6. The maximum absolute atomic E-state index is 12.6. The van der Waals surface area contributed by atoms with Crippen LogP contribution < -0.4 is 14.8 Å². The number of halogens is 1.